The highest BCUT2D eigenvalue weighted by atomic mass is 19.4. The van der Waals surface area contributed by atoms with Gasteiger partial charge in [-0.05, 0) is 12.8 Å². The van der Waals surface area contributed by atoms with Gasteiger partial charge >= 0.3 is 6.18 Å². The summed E-state index contributed by atoms with van der Waals surface area (Å²) >= 11 is 0. The van der Waals surface area contributed by atoms with E-state index in [4.69, 9.17) is 5.73 Å². The number of nitrogens with zero attached hydrogens (tertiary/aromatic N) is 1. The maximum Gasteiger partial charge on any atom is 0.394 e. The highest BCUT2D eigenvalue weighted by Crippen LogP contribution is 2.26. The molecule has 1 fully saturated rings. The molecule has 1 atom stereocenters. The van der Waals surface area contributed by atoms with Crippen LogP contribution in [0, 0.1) is 5.92 Å². The second kappa shape index (κ2) is 5.14. The molecule has 0 aromatic carbocycles. The lowest BCUT2D eigenvalue weighted by atomic mass is 10.0. The first-order valence-electron chi connectivity index (χ1n) is 5.10. The zero-order valence-corrected chi connectivity index (χ0v) is 8.50. The van der Waals surface area contributed by atoms with Crippen molar-refractivity contribution in [1.82, 2.24) is 4.90 Å². The third kappa shape index (κ3) is 3.96. The molecule has 1 rings (SSSR count). The lowest BCUT2D eigenvalue weighted by Gasteiger charge is -2.32. The van der Waals surface area contributed by atoms with Gasteiger partial charge in [0.1, 0.15) is 0 Å². The Hall–Kier alpha value is -0.330. The molecular weight excluding hydrogens is 209 g/mol. The van der Waals surface area contributed by atoms with Gasteiger partial charge in [0.05, 0.1) is 12.0 Å². The van der Waals surface area contributed by atoms with Gasteiger partial charge in [-0.1, -0.05) is 0 Å². The molecule has 0 amide bonds. The van der Waals surface area contributed by atoms with Crippen LogP contribution in [0.4, 0.5) is 13.2 Å². The lowest BCUT2D eigenvalue weighted by Crippen LogP contribution is -2.44. The summed E-state index contributed by atoms with van der Waals surface area (Å²) in [6.07, 6.45) is -3.47. The van der Waals surface area contributed by atoms with Crippen molar-refractivity contribution in [2.75, 3.05) is 26.2 Å². The summed E-state index contributed by atoms with van der Waals surface area (Å²) in [5, 5.41) is 9.20. The van der Waals surface area contributed by atoms with Crippen LogP contribution in [0.5, 0.6) is 0 Å². The van der Waals surface area contributed by atoms with Gasteiger partial charge in [-0.2, -0.15) is 13.2 Å². The van der Waals surface area contributed by atoms with E-state index in [2.05, 4.69) is 0 Å². The second-order valence-corrected chi connectivity index (χ2v) is 4.01. The Labute approximate surface area is 87.0 Å². The average molecular weight is 226 g/mol. The summed E-state index contributed by atoms with van der Waals surface area (Å²) in [4.78, 5) is 1.72. The molecule has 1 aliphatic rings. The maximum absolute atomic E-state index is 12.4. The number of likely N-dealkylation sites (tertiary alicyclic amines) is 1. The molecule has 15 heavy (non-hydrogen) atoms. The van der Waals surface area contributed by atoms with Crippen LogP contribution in [-0.2, 0) is 0 Å². The Morgan fingerprint density at radius 1 is 1.33 bits per heavy atom. The molecule has 1 heterocycles. The van der Waals surface area contributed by atoms with Crippen molar-refractivity contribution in [2.45, 2.75) is 25.1 Å². The molecule has 0 saturated carbocycles. The molecule has 0 aliphatic carbocycles. The van der Waals surface area contributed by atoms with Crippen LogP contribution in [0.25, 0.3) is 0 Å². The number of nitrogens with two attached hydrogens (primary N) is 1. The van der Waals surface area contributed by atoms with E-state index >= 15 is 0 Å². The number of alkyl halides is 3. The number of halogens is 3. The van der Waals surface area contributed by atoms with E-state index < -0.39 is 12.1 Å². The molecule has 1 saturated heterocycles. The van der Waals surface area contributed by atoms with E-state index in [-0.39, 0.29) is 19.2 Å². The lowest BCUT2D eigenvalue weighted by molar-refractivity contribution is -0.177. The number of aliphatic hydroxyl groups is 1. The first-order valence-corrected chi connectivity index (χ1v) is 5.10. The molecule has 0 aromatic rings. The third-order valence-corrected chi connectivity index (χ3v) is 2.78. The van der Waals surface area contributed by atoms with Crippen LogP contribution in [-0.4, -0.2) is 48.5 Å². The first-order chi connectivity index (χ1) is 6.93. The Morgan fingerprint density at radius 3 is 2.27 bits per heavy atom. The number of piperidine rings is 1. The Balaban J connectivity index is 2.39. The molecule has 3 nitrogen and oxygen atoms in total. The molecule has 1 aliphatic heterocycles. The first kappa shape index (κ1) is 12.7. The Morgan fingerprint density at radius 2 is 1.87 bits per heavy atom. The van der Waals surface area contributed by atoms with Crippen molar-refractivity contribution in [3.63, 3.8) is 0 Å². The molecule has 90 valence electrons. The highest BCUT2D eigenvalue weighted by molar-refractivity contribution is 4.77. The summed E-state index contributed by atoms with van der Waals surface area (Å²) < 4.78 is 37.2. The normalized spacial score (nSPS) is 23.0. The smallest absolute Gasteiger partial charge is 0.393 e. The minimum absolute atomic E-state index is 0.0489. The van der Waals surface area contributed by atoms with Gasteiger partial charge in [0, 0.05) is 26.2 Å². The summed E-state index contributed by atoms with van der Waals surface area (Å²) in [5.74, 6) is -1.45. The van der Waals surface area contributed by atoms with Crippen LogP contribution in [0.3, 0.4) is 0 Å². The molecule has 0 radical (unpaired) electrons. The molecular formula is C9H17F3N2O. The van der Waals surface area contributed by atoms with Gasteiger partial charge in [-0.3, -0.25) is 0 Å². The third-order valence-electron chi connectivity index (χ3n) is 2.78. The van der Waals surface area contributed by atoms with E-state index in [1.165, 1.54) is 0 Å². The van der Waals surface area contributed by atoms with Crippen LogP contribution in [0.2, 0.25) is 0 Å². The second-order valence-electron chi connectivity index (χ2n) is 4.01. The van der Waals surface area contributed by atoms with E-state index in [0.29, 0.717) is 25.9 Å². The van der Waals surface area contributed by atoms with Gasteiger partial charge < -0.3 is 15.7 Å². The topological polar surface area (TPSA) is 49.5 Å². The zero-order valence-electron chi connectivity index (χ0n) is 8.50. The number of hydrogen-bond acceptors (Lipinski definition) is 3. The minimum atomic E-state index is -4.22. The standard InChI is InChI=1S/C9H17F3N2O/c10-9(11,12)7(5-13)6-14-3-1-8(15)2-4-14/h7-8,15H,1-6,13H2. The zero-order chi connectivity index (χ0) is 11.5. The van der Waals surface area contributed by atoms with Crippen molar-refractivity contribution in [3.05, 3.63) is 0 Å². The van der Waals surface area contributed by atoms with Crippen molar-refractivity contribution in [1.29, 1.82) is 0 Å². The predicted molar refractivity (Wildman–Crippen MR) is 50.3 cm³/mol. The molecule has 0 spiro atoms. The van der Waals surface area contributed by atoms with E-state index in [9.17, 15) is 18.3 Å². The van der Waals surface area contributed by atoms with Crippen molar-refractivity contribution < 1.29 is 18.3 Å². The fourth-order valence-electron chi connectivity index (χ4n) is 1.73. The van der Waals surface area contributed by atoms with Crippen LogP contribution >= 0.6 is 0 Å². The fourth-order valence-corrected chi connectivity index (χ4v) is 1.73. The van der Waals surface area contributed by atoms with E-state index in [1.54, 1.807) is 4.90 Å². The van der Waals surface area contributed by atoms with Crippen molar-refractivity contribution in [2.24, 2.45) is 11.7 Å². The van der Waals surface area contributed by atoms with Gasteiger partial charge in [-0.15, -0.1) is 0 Å². The number of aliphatic hydroxyl groups excluding tert-OH is 1. The molecule has 6 heteroatoms. The Bertz CT molecular complexity index is 190. The van der Waals surface area contributed by atoms with Gasteiger partial charge in [-0.25, -0.2) is 0 Å². The van der Waals surface area contributed by atoms with Crippen LogP contribution < -0.4 is 5.73 Å². The molecule has 0 bridgehead atoms. The Kier molecular flexibility index (Phi) is 4.36. The summed E-state index contributed by atoms with van der Waals surface area (Å²) in [7, 11) is 0. The van der Waals surface area contributed by atoms with Gasteiger partial charge in [0.25, 0.3) is 0 Å². The van der Waals surface area contributed by atoms with Crippen molar-refractivity contribution >= 4 is 0 Å². The monoisotopic (exact) mass is 226 g/mol. The largest absolute Gasteiger partial charge is 0.394 e. The van der Waals surface area contributed by atoms with Gasteiger partial charge in [0.2, 0.25) is 0 Å². The number of hydrogen-bond donors (Lipinski definition) is 2. The highest BCUT2D eigenvalue weighted by Gasteiger charge is 2.39. The van der Waals surface area contributed by atoms with Gasteiger partial charge in [0.15, 0.2) is 0 Å². The molecule has 1 unspecified atom stereocenters. The van der Waals surface area contributed by atoms with E-state index in [0.717, 1.165) is 0 Å². The fraction of sp³-hybridized carbons (Fsp3) is 1.00. The van der Waals surface area contributed by atoms with E-state index in [1.807, 2.05) is 0 Å². The quantitative estimate of drug-likeness (QED) is 0.740. The molecule has 3 N–H and O–H groups in total. The average Bonchev–Trinajstić information content (AvgIpc) is 2.15. The SMILES string of the molecule is NCC(CN1CCC(O)CC1)C(F)(F)F. The minimum Gasteiger partial charge on any atom is -0.393 e. The number of rotatable bonds is 3. The van der Waals surface area contributed by atoms with Crippen molar-refractivity contribution in [3.8, 4) is 0 Å². The summed E-state index contributed by atoms with van der Waals surface area (Å²) in [5.41, 5.74) is 5.11. The molecule has 0 aromatic heterocycles. The summed E-state index contributed by atoms with van der Waals surface area (Å²) in [6, 6.07) is 0. The summed E-state index contributed by atoms with van der Waals surface area (Å²) in [6.45, 7) is 0.622. The van der Waals surface area contributed by atoms with Crippen LogP contribution in [0.15, 0.2) is 0 Å². The maximum atomic E-state index is 12.4. The van der Waals surface area contributed by atoms with Crippen LogP contribution in [0.1, 0.15) is 12.8 Å². The predicted octanol–water partition coefficient (Wildman–Crippen LogP) is 0.580.